The van der Waals surface area contributed by atoms with Gasteiger partial charge in [0.15, 0.2) is 9.84 Å². The number of carbonyl (C=O) groups is 1. The van der Waals surface area contributed by atoms with Gasteiger partial charge in [-0.3, -0.25) is 4.79 Å². The van der Waals surface area contributed by atoms with Gasteiger partial charge >= 0.3 is 0 Å². The molecule has 0 heterocycles. The van der Waals surface area contributed by atoms with Crippen LogP contribution in [0.2, 0.25) is 0 Å². The molecule has 0 spiro atoms. The van der Waals surface area contributed by atoms with Crippen molar-refractivity contribution in [1.82, 2.24) is 4.90 Å². The minimum absolute atomic E-state index is 0.0680. The standard InChI is InChI=1S/C18H27NO5S/c1-19(12-15(21)13-20)17(22)18(10-4-3-5-11-18)14-6-8-16(9-7-14)25(2,23)24/h6-9,15,20-21H,3-5,10-13H2,1-2H3/t15-/m0/s1. The third-order valence-electron chi connectivity index (χ3n) is 4.99. The van der Waals surface area contributed by atoms with Crippen LogP contribution in [0.25, 0.3) is 0 Å². The van der Waals surface area contributed by atoms with Crippen molar-refractivity contribution in [3.05, 3.63) is 29.8 Å². The van der Waals surface area contributed by atoms with E-state index >= 15 is 0 Å². The zero-order chi connectivity index (χ0) is 18.7. The maximum Gasteiger partial charge on any atom is 0.233 e. The summed E-state index contributed by atoms with van der Waals surface area (Å²) in [5, 5.41) is 18.7. The van der Waals surface area contributed by atoms with Crippen LogP contribution in [-0.4, -0.2) is 62.0 Å². The molecule has 0 bridgehead atoms. The molecule has 6 nitrogen and oxygen atoms in total. The molecule has 0 saturated heterocycles. The highest BCUT2D eigenvalue weighted by Crippen LogP contribution is 2.41. The summed E-state index contributed by atoms with van der Waals surface area (Å²) in [6.07, 6.45) is 4.51. The molecule has 1 saturated carbocycles. The van der Waals surface area contributed by atoms with E-state index in [9.17, 15) is 18.3 Å². The highest BCUT2D eigenvalue weighted by molar-refractivity contribution is 7.90. The lowest BCUT2D eigenvalue weighted by Gasteiger charge is -2.39. The first-order valence-electron chi connectivity index (χ1n) is 8.56. The molecular formula is C18H27NO5S. The SMILES string of the molecule is CN(C[C@H](O)CO)C(=O)C1(c2ccc(S(C)(=O)=O)cc2)CCCCC1. The molecule has 2 rings (SSSR count). The number of sulfone groups is 1. The predicted molar refractivity (Wildman–Crippen MR) is 95.0 cm³/mol. The van der Waals surface area contributed by atoms with E-state index in [1.165, 1.54) is 4.90 Å². The average Bonchev–Trinajstić information content (AvgIpc) is 2.60. The maximum atomic E-state index is 13.2. The number of likely N-dealkylation sites (N-methyl/N-ethyl adjacent to an activating group) is 1. The zero-order valence-corrected chi connectivity index (χ0v) is 15.6. The number of nitrogens with zero attached hydrogens (tertiary/aromatic N) is 1. The van der Waals surface area contributed by atoms with Gasteiger partial charge < -0.3 is 15.1 Å². The van der Waals surface area contributed by atoms with Crippen LogP contribution < -0.4 is 0 Å². The van der Waals surface area contributed by atoms with Crippen LogP contribution in [0, 0.1) is 0 Å². The Balaban J connectivity index is 2.36. The van der Waals surface area contributed by atoms with Gasteiger partial charge in [0.05, 0.1) is 23.0 Å². The lowest BCUT2D eigenvalue weighted by atomic mass is 9.68. The van der Waals surface area contributed by atoms with Gasteiger partial charge in [-0.25, -0.2) is 8.42 Å². The Kier molecular flexibility index (Phi) is 6.24. The van der Waals surface area contributed by atoms with Crippen LogP contribution in [0.5, 0.6) is 0 Å². The van der Waals surface area contributed by atoms with Crippen LogP contribution in [0.3, 0.4) is 0 Å². The molecular weight excluding hydrogens is 342 g/mol. The van der Waals surface area contributed by atoms with Crippen molar-refractivity contribution < 1.29 is 23.4 Å². The number of benzene rings is 1. The second kappa shape index (κ2) is 7.85. The highest BCUT2D eigenvalue weighted by atomic mass is 32.2. The van der Waals surface area contributed by atoms with Crippen LogP contribution in [0.1, 0.15) is 37.7 Å². The van der Waals surface area contributed by atoms with Crippen molar-refractivity contribution in [2.24, 2.45) is 0 Å². The second-order valence-corrected chi connectivity index (χ2v) is 8.98. The zero-order valence-electron chi connectivity index (χ0n) is 14.8. The third-order valence-corrected chi connectivity index (χ3v) is 6.12. The summed E-state index contributed by atoms with van der Waals surface area (Å²) in [6.45, 7) is -0.327. The fourth-order valence-electron chi connectivity index (χ4n) is 3.62. The van der Waals surface area contributed by atoms with E-state index < -0.39 is 28.0 Å². The number of hydrogen-bond acceptors (Lipinski definition) is 5. The van der Waals surface area contributed by atoms with E-state index in [4.69, 9.17) is 5.11 Å². The van der Waals surface area contributed by atoms with Crippen molar-refractivity contribution in [2.75, 3.05) is 26.5 Å². The van der Waals surface area contributed by atoms with E-state index in [2.05, 4.69) is 0 Å². The largest absolute Gasteiger partial charge is 0.394 e. The van der Waals surface area contributed by atoms with Crippen molar-refractivity contribution in [3.63, 3.8) is 0 Å². The molecule has 1 aromatic carbocycles. The summed E-state index contributed by atoms with van der Waals surface area (Å²) in [7, 11) is -1.65. The summed E-state index contributed by atoms with van der Waals surface area (Å²) >= 11 is 0. The van der Waals surface area contributed by atoms with E-state index in [0.29, 0.717) is 12.8 Å². The smallest absolute Gasteiger partial charge is 0.233 e. The fraction of sp³-hybridized carbons (Fsp3) is 0.611. The van der Waals surface area contributed by atoms with Gasteiger partial charge in [-0.2, -0.15) is 0 Å². The summed E-state index contributed by atoms with van der Waals surface area (Å²) in [4.78, 5) is 14.9. The van der Waals surface area contributed by atoms with Gasteiger partial charge in [0.25, 0.3) is 0 Å². The number of rotatable bonds is 6. The molecule has 7 heteroatoms. The molecule has 1 fully saturated rings. The normalized spacial score (nSPS) is 18.6. The molecule has 25 heavy (non-hydrogen) atoms. The van der Waals surface area contributed by atoms with Gasteiger partial charge in [0.1, 0.15) is 0 Å². The van der Waals surface area contributed by atoms with Crippen LogP contribution in [0.4, 0.5) is 0 Å². The summed E-state index contributed by atoms with van der Waals surface area (Å²) in [5.74, 6) is -0.0909. The molecule has 140 valence electrons. The van der Waals surface area contributed by atoms with Crippen molar-refractivity contribution in [2.45, 2.75) is 48.5 Å². The number of amides is 1. The van der Waals surface area contributed by atoms with Crippen LogP contribution in [-0.2, 0) is 20.0 Å². The highest BCUT2D eigenvalue weighted by Gasteiger charge is 2.43. The number of aliphatic hydroxyl groups excluding tert-OH is 2. The van der Waals surface area contributed by atoms with Gasteiger partial charge in [-0.05, 0) is 30.5 Å². The maximum absolute atomic E-state index is 13.2. The van der Waals surface area contributed by atoms with Gasteiger partial charge in [-0.1, -0.05) is 31.4 Å². The predicted octanol–water partition coefficient (Wildman–Crippen LogP) is 1.10. The van der Waals surface area contributed by atoms with Gasteiger partial charge in [0, 0.05) is 19.8 Å². The molecule has 1 aliphatic carbocycles. The average molecular weight is 369 g/mol. The Bertz CT molecular complexity index is 693. The number of hydrogen-bond donors (Lipinski definition) is 2. The van der Waals surface area contributed by atoms with Crippen molar-refractivity contribution >= 4 is 15.7 Å². The van der Waals surface area contributed by atoms with Crippen molar-refractivity contribution in [3.8, 4) is 0 Å². The van der Waals surface area contributed by atoms with E-state index in [0.717, 1.165) is 31.1 Å². The van der Waals surface area contributed by atoms with E-state index in [1.54, 1.807) is 31.3 Å². The van der Waals surface area contributed by atoms with Crippen molar-refractivity contribution in [1.29, 1.82) is 0 Å². The third kappa shape index (κ3) is 4.40. The van der Waals surface area contributed by atoms with Crippen LogP contribution >= 0.6 is 0 Å². The molecule has 1 amide bonds. The lowest BCUT2D eigenvalue weighted by Crippen LogP contribution is -2.49. The topological polar surface area (TPSA) is 94.9 Å². The fourth-order valence-corrected chi connectivity index (χ4v) is 4.26. The first-order valence-corrected chi connectivity index (χ1v) is 10.4. The molecule has 1 aliphatic rings. The first-order chi connectivity index (χ1) is 11.7. The molecule has 0 aromatic heterocycles. The summed E-state index contributed by atoms with van der Waals surface area (Å²) in [5.41, 5.74) is 0.119. The molecule has 0 radical (unpaired) electrons. The Morgan fingerprint density at radius 1 is 1.20 bits per heavy atom. The minimum atomic E-state index is -3.28. The Hall–Kier alpha value is -1.44. The molecule has 1 atom stereocenters. The van der Waals surface area contributed by atoms with E-state index in [-0.39, 0.29) is 17.3 Å². The quantitative estimate of drug-likeness (QED) is 0.783. The Morgan fingerprint density at radius 3 is 2.24 bits per heavy atom. The van der Waals surface area contributed by atoms with E-state index in [1.807, 2.05) is 0 Å². The minimum Gasteiger partial charge on any atom is -0.394 e. The summed E-state index contributed by atoms with van der Waals surface area (Å²) < 4.78 is 23.3. The second-order valence-electron chi connectivity index (χ2n) is 6.96. The monoisotopic (exact) mass is 369 g/mol. The Labute approximate surface area is 149 Å². The number of carbonyl (C=O) groups excluding carboxylic acids is 1. The number of aliphatic hydroxyl groups is 2. The van der Waals surface area contributed by atoms with Gasteiger partial charge in [0.2, 0.25) is 5.91 Å². The first kappa shape index (κ1) is 19.9. The van der Waals surface area contributed by atoms with Crippen LogP contribution in [0.15, 0.2) is 29.2 Å². The summed E-state index contributed by atoms with van der Waals surface area (Å²) in [6, 6.07) is 6.57. The van der Waals surface area contributed by atoms with Gasteiger partial charge in [-0.15, -0.1) is 0 Å². The molecule has 0 aliphatic heterocycles. The molecule has 1 aromatic rings. The Morgan fingerprint density at radius 2 is 1.76 bits per heavy atom. The lowest BCUT2D eigenvalue weighted by molar-refractivity contribution is -0.139. The molecule has 0 unspecified atom stereocenters. The molecule has 2 N–H and O–H groups in total.